The maximum Gasteiger partial charge on any atom is 0.318 e. The molecule has 0 aromatic heterocycles. The first kappa shape index (κ1) is 24.5. The van der Waals surface area contributed by atoms with Gasteiger partial charge in [-0.25, -0.2) is 4.79 Å². The summed E-state index contributed by atoms with van der Waals surface area (Å²) >= 11 is 0. The van der Waals surface area contributed by atoms with Gasteiger partial charge in [-0.05, 0) is 31.6 Å². The number of piperazine rings is 1. The lowest BCUT2D eigenvalue weighted by atomic mass is 9.80. The fourth-order valence-corrected chi connectivity index (χ4v) is 5.00. The summed E-state index contributed by atoms with van der Waals surface area (Å²) in [6, 6.07) is -1.12. The molecule has 0 aromatic rings. The number of ketones is 1. The van der Waals surface area contributed by atoms with Crippen LogP contribution in [0.2, 0.25) is 0 Å². The number of carbonyl (C=O) groups excluding carboxylic acids is 4. The van der Waals surface area contributed by atoms with E-state index in [9.17, 15) is 19.2 Å². The summed E-state index contributed by atoms with van der Waals surface area (Å²) in [6.07, 6.45) is 7.62. The van der Waals surface area contributed by atoms with Crippen molar-refractivity contribution < 1.29 is 19.2 Å². The molecule has 4 amide bonds. The van der Waals surface area contributed by atoms with Crippen LogP contribution in [0.15, 0.2) is 0 Å². The Balaban J connectivity index is 1.68. The second-order valence-electron chi connectivity index (χ2n) is 9.82. The maximum atomic E-state index is 13.5. The Hall–Kier alpha value is -2.16. The second-order valence-corrected chi connectivity index (χ2v) is 9.82. The monoisotopic (exact) mass is 449 g/mol. The molecule has 3 fully saturated rings. The highest BCUT2D eigenvalue weighted by atomic mass is 16.2. The minimum atomic E-state index is -1.05. The molecular weight excluding hydrogens is 410 g/mol. The van der Waals surface area contributed by atoms with Gasteiger partial charge in [-0.15, -0.1) is 0 Å². The molecule has 9 heteroatoms. The van der Waals surface area contributed by atoms with Gasteiger partial charge in [0.1, 0.15) is 5.54 Å². The van der Waals surface area contributed by atoms with E-state index in [1.807, 2.05) is 13.8 Å². The lowest BCUT2D eigenvalue weighted by Crippen LogP contribution is -2.65. The second kappa shape index (κ2) is 11.1. The number of urea groups is 1. The maximum absolute atomic E-state index is 13.5. The van der Waals surface area contributed by atoms with Gasteiger partial charge in [-0.3, -0.25) is 14.4 Å². The largest absolute Gasteiger partial charge is 0.347 e. The minimum absolute atomic E-state index is 0.0398. The average Bonchev–Trinajstić information content (AvgIpc) is 3.30. The lowest BCUT2D eigenvalue weighted by molar-refractivity contribution is -0.142. The van der Waals surface area contributed by atoms with Crippen molar-refractivity contribution in [1.82, 2.24) is 26.2 Å². The summed E-state index contributed by atoms with van der Waals surface area (Å²) in [5.41, 5.74) is -1.05. The van der Waals surface area contributed by atoms with Gasteiger partial charge in [0.05, 0.1) is 6.04 Å². The van der Waals surface area contributed by atoms with E-state index in [2.05, 4.69) is 21.3 Å². The molecule has 4 N–H and O–H groups in total. The molecule has 3 aliphatic rings. The average molecular weight is 450 g/mol. The third-order valence-corrected chi connectivity index (χ3v) is 7.04. The van der Waals surface area contributed by atoms with E-state index in [1.54, 1.807) is 4.90 Å². The number of Topliss-reactive ketones (excluding diaryl/α,β-unsaturated/α-hetero) is 1. The zero-order valence-electron chi connectivity index (χ0n) is 19.5. The van der Waals surface area contributed by atoms with E-state index in [0.717, 1.165) is 58.0 Å². The van der Waals surface area contributed by atoms with E-state index in [4.69, 9.17) is 0 Å². The van der Waals surface area contributed by atoms with Crippen LogP contribution in [-0.2, 0) is 14.4 Å². The minimum Gasteiger partial charge on any atom is -0.347 e. The summed E-state index contributed by atoms with van der Waals surface area (Å²) in [4.78, 5) is 53.6. The summed E-state index contributed by atoms with van der Waals surface area (Å²) in [5, 5.41) is 11.9. The van der Waals surface area contributed by atoms with Gasteiger partial charge in [-0.2, -0.15) is 0 Å². The third-order valence-electron chi connectivity index (χ3n) is 7.04. The Labute approximate surface area is 190 Å². The predicted molar refractivity (Wildman–Crippen MR) is 121 cm³/mol. The van der Waals surface area contributed by atoms with Crippen molar-refractivity contribution in [1.29, 1.82) is 0 Å². The molecule has 3 rings (SSSR count). The van der Waals surface area contributed by atoms with Gasteiger partial charge >= 0.3 is 6.03 Å². The number of nitrogens with one attached hydrogen (secondary N) is 4. The Bertz CT molecular complexity index is 693. The molecule has 180 valence electrons. The standard InChI is InChI=1S/C23H39N5O4/c1-16(2)18(19(29)20(30)25-17-8-4-5-9-17)26-21(31)23(10-6-3-7-11-23)27-22(32)28-14-12-24-13-15-28/h16-18,24H,3-15H2,1-2H3,(H,25,30)(H,26,31)(H,27,32)/t18-/m0/s1. The van der Waals surface area contributed by atoms with Gasteiger partial charge in [0.2, 0.25) is 11.7 Å². The molecule has 0 radical (unpaired) electrons. The predicted octanol–water partition coefficient (Wildman–Crippen LogP) is 1.07. The summed E-state index contributed by atoms with van der Waals surface area (Å²) < 4.78 is 0. The zero-order chi connectivity index (χ0) is 23.1. The highest BCUT2D eigenvalue weighted by Crippen LogP contribution is 2.29. The van der Waals surface area contributed by atoms with Crippen LogP contribution in [0.1, 0.15) is 71.6 Å². The van der Waals surface area contributed by atoms with Crippen molar-refractivity contribution in [3.63, 3.8) is 0 Å². The fraction of sp³-hybridized carbons (Fsp3) is 0.826. The van der Waals surface area contributed by atoms with E-state index in [1.165, 1.54) is 0 Å². The number of amides is 4. The number of rotatable bonds is 7. The molecule has 1 heterocycles. The van der Waals surface area contributed by atoms with Crippen LogP contribution in [0.3, 0.4) is 0 Å². The first-order valence-electron chi connectivity index (χ1n) is 12.3. The van der Waals surface area contributed by atoms with Gasteiger partial charge in [0.15, 0.2) is 0 Å². The SMILES string of the molecule is CC(C)[C@H](NC(=O)C1(NC(=O)N2CCNCC2)CCCCC1)C(=O)C(=O)NC1CCCC1. The van der Waals surface area contributed by atoms with Crippen molar-refractivity contribution in [2.24, 2.45) is 5.92 Å². The zero-order valence-corrected chi connectivity index (χ0v) is 19.5. The van der Waals surface area contributed by atoms with E-state index in [0.29, 0.717) is 25.9 Å². The normalized spacial score (nSPS) is 22.3. The van der Waals surface area contributed by atoms with E-state index < -0.39 is 23.3 Å². The van der Waals surface area contributed by atoms with Crippen LogP contribution in [0.4, 0.5) is 4.79 Å². The quantitative estimate of drug-likeness (QED) is 0.434. The molecule has 2 aliphatic carbocycles. The molecule has 32 heavy (non-hydrogen) atoms. The Morgan fingerprint density at radius 2 is 1.56 bits per heavy atom. The molecule has 0 unspecified atom stereocenters. The van der Waals surface area contributed by atoms with Crippen LogP contribution >= 0.6 is 0 Å². The Morgan fingerprint density at radius 3 is 2.16 bits per heavy atom. The molecule has 0 spiro atoms. The van der Waals surface area contributed by atoms with Crippen LogP contribution in [0.5, 0.6) is 0 Å². The lowest BCUT2D eigenvalue weighted by Gasteiger charge is -2.40. The first-order chi connectivity index (χ1) is 15.3. The Morgan fingerprint density at radius 1 is 0.938 bits per heavy atom. The number of hydrogen-bond donors (Lipinski definition) is 4. The van der Waals surface area contributed by atoms with E-state index >= 15 is 0 Å². The summed E-state index contributed by atoms with van der Waals surface area (Å²) in [6.45, 7) is 6.28. The molecule has 1 aliphatic heterocycles. The molecule has 0 aromatic carbocycles. The molecule has 0 bridgehead atoms. The highest BCUT2D eigenvalue weighted by molar-refractivity contribution is 6.38. The molecule has 9 nitrogen and oxygen atoms in total. The Kier molecular flexibility index (Phi) is 8.51. The van der Waals surface area contributed by atoms with Gasteiger partial charge in [0, 0.05) is 32.2 Å². The van der Waals surface area contributed by atoms with Crippen LogP contribution in [0.25, 0.3) is 0 Å². The number of hydrogen-bond acceptors (Lipinski definition) is 5. The molecule has 2 saturated carbocycles. The van der Waals surface area contributed by atoms with Gasteiger partial charge in [-0.1, -0.05) is 46.0 Å². The van der Waals surface area contributed by atoms with Gasteiger partial charge < -0.3 is 26.2 Å². The summed E-state index contributed by atoms with van der Waals surface area (Å²) in [7, 11) is 0. The molecule has 1 saturated heterocycles. The van der Waals surface area contributed by atoms with Gasteiger partial charge in [0.25, 0.3) is 5.91 Å². The van der Waals surface area contributed by atoms with Crippen molar-refractivity contribution in [3.8, 4) is 0 Å². The summed E-state index contributed by atoms with van der Waals surface area (Å²) in [5.74, 6) is -1.84. The first-order valence-corrected chi connectivity index (χ1v) is 12.3. The van der Waals surface area contributed by atoms with Crippen molar-refractivity contribution >= 4 is 23.6 Å². The van der Waals surface area contributed by atoms with E-state index in [-0.39, 0.29) is 23.9 Å². The molecule has 1 atom stereocenters. The highest BCUT2D eigenvalue weighted by Gasteiger charge is 2.44. The third kappa shape index (κ3) is 5.99. The van der Waals surface area contributed by atoms with Crippen LogP contribution in [0, 0.1) is 5.92 Å². The van der Waals surface area contributed by atoms with Crippen molar-refractivity contribution in [2.45, 2.75) is 89.3 Å². The fourth-order valence-electron chi connectivity index (χ4n) is 5.00. The van der Waals surface area contributed by atoms with Crippen molar-refractivity contribution in [2.75, 3.05) is 26.2 Å². The van der Waals surface area contributed by atoms with Crippen LogP contribution < -0.4 is 21.3 Å². The number of nitrogens with zero attached hydrogens (tertiary/aromatic N) is 1. The van der Waals surface area contributed by atoms with Crippen LogP contribution in [-0.4, -0.2) is 72.3 Å². The number of carbonyl (C=O) groups is 4. The van der Waals surface area contributed by atoms with Crippen molar-refractivity contribution in [3.05, 3.63) is 0 Å². The topological polar surface area (TPSA) is 120 Å². The smallest absolute Gasteiger partial charge is 0.318 e. The molecular formula is C23H39N5O4.